The second-order valence-electron chi connectivity index (χ2n) is 8.17. The summed E-state index contributed by atoms with van der Waals surface area (Å²) in [5.41, 5.74) is 7.77. The molecule has 3 unspecified atom stereocenters. The van der Waals surface area contributed by atoms with Crippen LogP contribution in [0.3, 0.4) is 0 Å². The lowest BCUT2D eigenvalue weighted by atomic mass is 10.1. The van der Waals surface area contributed by atoms with Gasteiger partial charge < -0.3 is 20.7 Å². The lowest BCUT2D eigenvalue weighted by Crippen LogP contribution is -2.48. The van der Waals surface area contributed by atoms with Gasteiger partial charge >= 0.3 is 0 Å². The maximum Gasteiger partial charge on any atom is 0.254 e. The van der Waals surface area contributed by atoms with Crippen LogP contribution in [0.2, 0.25) is 0 Å². The van der Waals surface area contributed by atoms with Crippen LogP contribution in [0.1, 0.15) is 49.5 Å². The number of rotatable bonds is 6. The van der Waals surface area contributed by atoms with Gasteiger partial charge in [-0.1, -0.05) is 19.1 Å². The van der Waals surface area contributed by atoms with Gasteiger partial charge in [0.25, 0.3) is 5.91 Å². The third kappa shape index (κ3) is 5.93. The van der Waals surface area contributed by atoms with E-state index in [4.69, 9.17) is 10.5 Å². The number of aliphatic imine (C=N–C) groups is 1. The third-order valence-corrected chi connectivity index (χ3v) is 5.76. The highest BCUT2D eigenvalue weighted by Crippen LogP contribution is 2.16. The van der Waals surface area contributed by atoms with E-state index in [0.29, 0.717) is 37.2 Å². The number of likely N-dealkylation sites (N-methyl/N-ethyl adjacent to an activating group) is 1. The van der Waals surface area contributed by atoms with Crippen LogP contribution in [0, 0.1) is 0 Å². The van der Waals surface area contributed by atoms with Gasteiger partial charge in [-0.3, -0.25) is 9.69 Å². The van der Waals surface area contributed by atoms with Crippen molar-refractivity contribution < 1.29 is 9.53 Å². The second kappa shape index (κ2) is 10.1. The molecule has 3 rings (SSSR count). The van der Waals surface area contributed by atoms with E-state index in [1.165, 1.54) is 19.4 Å². The molecule has 3 N–H and O–H groups in total. The zero-order chi connectivity index (χ0) is 20.8. The van der Waals surface area contributed by atoms with Gasteiger partial charge in [0.1, 0.15) is 0 Å². The van der Waals surface area contributed by atoms with Crippen molar-refractivity contribution in [3.05, 3.63) is 35.4 Å². The van der Waals surface area contributed by atoms with Gasteiger partial charge in [0.15, 0.2) is 5.96 Å². The quantitative estimate of drug-likeness (QED) is 0.561. The fourth-order valence-corrected chi connectivity index (χ4v) is 4.28. The highest BCUT2D eigenvalue weighted by Gasteiger charge is 2.26. The first kappa shape index (κ1) is 21.6. The molecule has 3 atom stereocenters. The maximum absolute atomic E-state index is 12.7. The van der Waals surface area contributed by atoms with Crippen molar-refractivity contribution in [1.29, 1.82) is 0 Å². The van der Waals surface area contributed by atoms with E-state index < -0.39 is 0 Å². The maximum atomic E-state index is 12.7. The van der Waals surface area contributed by atoms with Gasteiger partial charge in [-0.25, -0.2) is 4.99 Å². The molecule has 29 heavy (non-hydrogen) atoms. The van der Waals surface area contributed by atoms with Crippen molar-refractivity contribution in [2.24, 2.45) is 10.7 Å². The predicted octanol–water partition coefficient (Wildman–Crippen LogP) is 1.82. The molecule has 2 heterocycles. The van der Waals surface area contributed by atoms with E-state index in [9.17, 15) is 4.79 Å². The number of likely N-dealkylation sites (tertiary alicyclic amines) is 1. The minimum Gasteiger partial charge on any atom is -0.372 e. The van der Waals surface area contributed by atoms with Gasteiger partial charge in [0, 0.05) is 31.2 Å². The molecule has 160 valence electrons. The molecule has 2 aliphatic rings. The summed E-state index contributed by atoms with van der Waals surface area (Å²) in [5.74, 6) is 0.532. The molecule has 7 heteroatoms. The molecule has 0 radical (unpaired) electrons. The summed E-state index contributed by atoms with van der Waals surface area (Å²) in [4.78, 5) is 21.5. The molecule has 2 aliphatic heterocycles. The van der Waals surface area contributed by atoms with Crippen molar-refractivity contribution in [3.8, 4) is 0 Å². The Morgan fingerprint density at radius 3 is 2.59 bits per heavy atom. The number of hydrogen-bond acceptors (Lipinski definition) is 4. The Morgan fingerprint density at radius 1 is 1.24 bits per heavy atom. The van der Waals surface area contributed by atoms with Gasteiger partial charge in [0.05, 0.1) is 18.8 Å². The van der Waals surface area contributed by atoms with Crippen LogP contribution in [-0.2, 0) is 11.3 Å². The number of nitrogens with two attached hydrogens (primary N) is 1. The molecule has 1 amide bonds. The third-order valence-electron chi connectivity index (χ3n) is 5.76. The number of carbonyl (C=O) groups excluding carboxylic acids is 1. The second-order valence-corrected chi connectivity index (χ2v) is 8.17. The first-order chi connectivity index (χ1) is 14.0. The number of morpholine rings is 1. The summed E-state index contributed by atoms with van der Waals surface area (Å²) in [6.07, 6.45) is 2.61. The zero-order valence-electron chi connectivity index (χ0n) is 17.9. The molecule has 1 aromatic rings. The molecular formula is C22H35N5O2. The Hall–Kier alpha value is -2.12. The van der Waals surface area contributed by atoms with Crippen LogP contribution in [0.15, 0.2) is 29.3 Å². The summed E-state index contributed by atoms with van der Waals surface area (Å²) in [6, 6.07) is 8.20. The van der Waals surface area contributed by atoms with Crippen LogP contribution in [0.4, 0.5) is 0 Å². The highest BCUT2D eigenvalue weighted by atomic mass is 16.5. The van der Waals surface area contributed by atoms with E-state index in [1.807, 2.05) is 43.0 Å². The summed E-state index contributed by atoms with van der Waals surface area (Å²) < 4.78 is 5.71. The van der Waals surface area contributed by atoms with Gasteiger partial charge in [-0.05, 0) is 57.5 Å². The van der Waals surface area contributed by atoms with Crippen LogP contribution in [-0.4, -0.2) is 72.6 Å². The van der Waals surface area contributed by atoms with Crippen LogP contribution >= 0.6 is 0 Å². The van der Waals surface area contributed by atoms with Crippen molar-refractivity contribution in [1.82, 2.24) is 15.1 Å². The van der Waals surface area contributed by atoms with E-state index in [2.05, 4.69) is 22.1 Å². The Labute approximate surface area is 174 Å². The van der Waals surface area contributed by atoms with Gasteiger partial charge in [0.2, 0.25) is 0 Å². The van der Waals surface area contributed by atoms with Crippen LogP contribution < -0.4 is 11.1 Å². The van der Waals surface area contributed by atoms with Crippen molar-refractivity contribution in [2.45, 2.75) is 58.4 Å². The molecular weight excluding hydrogens is 366 g/mol. The number of nitrogens with one attached hydrogen (secondary N) is 1. The smallest absolute Gasteiger partial charge is 0.254 e. The zero-order valence-corrected chi connectivity index (χ0v) is 17.9. The first-order valence-electron chi connectivity index (χ1n) is 10.8. The molecule has 0 aromatic heterocycles. The molecule has 0 aliphatic carbocycles. The fraction of sp³-hybridized carbons (Fsp3) is 0.636. The number of ether oxygens (including phenoxy) is 1. The van der Waals surface area contributed by atoms with Crippen molar-refractivity contribution >= 4 is 11.9 Å². The summed E-state index contributed by atoms with van der Waals surface area (Å²) in [6.45, 7) is 11.1. The van der Waals surface area contributed by atoms with Crippen molar-refractivity contribution in [3.63, 3.8) is 0 Å². The molecule has 2 fully saturated rings. The highest BCUT2D eigenvalue weighted by molar-refractivity contribution is 5.94. The summed E-state index contributed by atoms with van der Waals surface area (Å²) in [7, 11) is 0. The summed E-state index contributed by atoms with van der Waals surface area (Å²) >= 11 is 0. The lowest BCUT2D eigenvalue weighted by molar-refractivity contribution is -0.0586. The molecule has 2 saturated heterocycles. The SMILES string of the molecule is CCN1CCCC1CNC(N)=NCc1ccc(C(=O)N2CC(C)OC(C)C2)cc1. The van der Waals surface area contributed by atoms with Gasteiger partial charge in [-0.2, -0.15) is 0 Å². The minimum absolute atomic E-state index is 0.0558. The standard InChI is InChI=1S/C22H35N5O2/c1-4-26-11-5-6-20(26)13-25-22(23)24-12-18-7-9-19(10-8-18)21(28)27-14-16(2)29-17(3)15-27/h7-10,16-17,20H,4-6,11-15H2,1-3H3,(H3,23,24,25). The van der Waals surface area contributed by atoms with Crippen molar-refractivity contribution in [2.75, 3.05) is 32.7 Å². The lowest BCUT2D eigenvalue weighted by Gasteiger charge is -2.35. The van der Waals surface area contributed by atoms with Crippen LogP contribution in [0.25, 0.3) is 0 Å². The number of nitrogens with zero attached hydrogens (tertiary/aromatic N) is 3. The largest absolute Gasteiger partial charge is 0.372 e. The molecule has 7 nitrogen and oxygen atoms in total. The molecule has 0 bridgehead atoms. The van der Waals surface area contributed by atoms with E-state index in [1.54, 1.807) is 0 Å². The number of hydrogen-bond donors (Lipinski definition) is 2. The number of guanidine groups is 1. The number of amides is 1. The van der Waals surface area contributed by atoms with Gasteiger partial charge in [-0.15, -0.1) is 0 Å². The Bertz CT molecular complexity index is 696. The average molecular weight is 402 g/mol. The Morgan fingerprint density at radius 2 is 1.93 bits per heavy atom. The van der Waals surface area contributed by atoms with Crippen LogP contribution in [0.5, 0.6) is 0 Å². The summed E-state index contributed by atoms with van der Waals surface area (Å²) in [5, 5.41) is 3.25. The number of benzene rings is 1. The fourth-order valence-electron chi connectivity index (χ4n) is 4.28. The van der Waals surface area contributed by atoms with E-state index in [-0.39, 0.29) is 18.1 Å². The average Bonchev–Trinajstić information content (AvgIpc) is 3.17. The molecule has 1 aromatic carbocycles. The molecule has 0 spiro atoms. The van der Waals surface area contributed by atoms with E-state index >= 15 is 0 Å². The Kier molecular flexibility index (Phi) is 7.50. The monoisotopic (exact) mass is 401 g/mol. The topological polar surface area (TPSA) is 83.2 Å². The number of carbonyl (C=O) groups is 1. The predicted molar refractivity (Wildman–Crippen MR) is 116 cm³/mol. The first-order valence-corrected chi connectivity index (χ1v) is 10.8. The molecule has 0 saturated carbocycles. The van der Waals surface area contributed by atoms with E-state index in [0.717, 1.165) is 18.7 Å². The normalized spacial score (nSPS) is 26.0. The minimum atomic E-state index is 0.0558. The Balaban J connectivity index is 1.49.